The van der Waals surface area contributed by atoms with Crippen LogP contribution in [0.4, 0.5) is 5.69 Å². The molecule has 2 aromatic rings. The Kier molecular flexibility index (Phi) is 3.70. The molecule has 1 unspecified atom stereocenters. The van der Waals surface area contributed by atoms with Crippen LogP contribution < -0.4 is 21.7 Å². The van der Waals surface area contributed by atoms with Crippen LogP contribution in [0.15, 0.2) is 35.0 Å². The molecule has 0 spiro atoms. The second-order valence-corrected chi connectivity index (χ2v) is 7.20. The van der Waals surface area contributed by atoms with Crippen LogP contribution in [0.2, 0.25) is 0 Å². The first kappa shape index (κ1) is 15.1. The summed E-state index contributed by atoms with van der Waals surface area (Å²) >= 11 is 1.67. The molecule has 1 atom stereocenters. The summed E-state index contributed by atoms with van der Waals surface area (Å²) in [5, 5.41) is 10.6. The lowest BCUT2D eigenvalue weighted by molar-refractivity contribution is -0.114. The summed E-state index contributed by atoms with van der Waals surface area (Å²) in [6.45, 7) is 1.99. The van der Waals surface area contributed by atoms with Crippen molar-refractivity contribution in [2.24, 2.45) is 10.7 Å². The van der Waals surface area contributed by atoms with Gasteiger partial charge in [-0.1, -0.05) is 0 Å². The van der Waals surface area contributed by atoms with Crippen molar-refractivity contribution in [3.8, 4) is 0 Å². The first-order valence-electron chi connectivity index (χ1n) is 7.83. The van der Waals surface area contributed by atoms with Crippen LogP contribution in [0, 0.1) is 6.92 Å². The van der Waals surface area contributed by atoms with E-state index in [-0.39, 0.29) is 0 Å². The van der Waals surface area contributed by atoms with Crippen molar-refractivity contribution in [2.75, 3.05) is 5.32 Å². The molecule has 1 aliphatic carbocycles. The Morgan fingerprint density at radius 1 is 1.42 bits per heavy atom. The number of nitrogens with zero attached hydrogens (tertiary/aromatic N) is 2. The Bertz CT molecular complexity index is 867. The Morgan fingerprint density at radius 2 is 2.25 bits per heavy atom. The Labute approximate surface area is 143 Å². The predicted octanol–water partition coefficient (Wildman–Crippen LogP) is 1.42. The number of aromatic nitrogens is 1. The molecule has 1 aliphatic heterocycles. The maximum atomic E-state index is 11.6. The number of guanidine groups is 1. The first-order valence-corrected chi connectivity index (χ1v) is 8.64. The number of aryl methyl sites for hydroxylation is 1. The molecule has 1 fully saturated rings. The van der Waals surface area contributed by atoms with Gasteiger partial charge in [-0.2, -0.15) is 0 Å². The summed E-state index contributed by atoms with van der Waals surface area (Å²) in [5.41, 5.74) is 7.72. The molecule has 0 radical (unpaired) electrons. The van der Waals surface area contributed by atoms with Crippen molar-refractivity contribution in [1.82, 2.24) is 15.6 Å². The third-order valence-electron chi connectivity index (χ3n) is 3.93. The second-order valence-electron chi connectivity index (χ2n) is 5.97. The molecule has 1 aromatic heterocycles. The lowest BCUT2D eigenvalue weighted by Crippen LogP contribution is -2.44. The fourth-order valence-electron chi connectivity index (χ4n) is 2.59. The summed E-state index contributed by atoms with van der Waals surface area (Å²) in [6, 6.07) is 6.42. The summed E-state index contributed by atoms with van der Waals surface area (Å²) < 4.78 is 1.15. The molecule has 124 valence electrons. The topological polar surface area (TPSA) is 104 Å². The van der Waals surface area contributed by atoms with Crippen LogP contribution in [0.25, 0.3) is 10.2 Å². The molecular weight excluding hydrogens is 324 g/mol. The van der Waals surface area contributed by atoms with Crippen molar-refractivity contribution in [2.45, 2.75) is 32.0 Å². The zero-order chi connectivity index (χ0) is 16.7. The lowest BCUT2D eigenvalue weighted by atomic mass is 10.2. The number of carbonyl (C=O) groups is 1. The number of hydrogen-bond donors (Lipinski definition) is 4. The fourth-order valence-corrected chi connectivity index (χ4v) is 3.40. The van der Waals surface area contributed by atoms with Gasteiger partial charge in [-0.25, -0.2) is 9.98 Å². The maximum absolute atomic E-state index is 11.6. The molecule has 1 amide bonds. The fraction of sp³-hybridized carbons (Fsp3) is 0.312. The van der Waals surface area contributed by atoms with Crippen molar-refractivity contribution >= 4 is 39.1 Å². The normalized spacial score (nSPS) is 20.3. The molecule has 24 heavy (non-hydrogen) atoms. The molecule has 8 heteroatoms. The number of primary amides is 1. The molecule has 4 rings (SSSR count). The van der Waals surface area contributed by atoms with Gasteiger partial charge in [-0.15, -0.1) is 11.3 Å². The van der Waals surface area contributed by atoms with Crippen LogP contribution >= 0.6 is 11.3 Å². The van der Waals surface area contributed by atoms with Crippen LogP contribution in [0.5, 0.6) is 0 Å². The zero-order valence-electron chi connectivity index (χ0n) is 13.2. The van der Waals surface area contributed by atoms with Crippen LogP contribution in [-0.2, 0) is 4.79 Å². The maximum Gasteiger partial charge on any atom is 0.249 e. The molecular formula is C16H18N6OS. The molecule has 0 saturated heterocycles. The van der Waals surface area contributed by atoms with Crippen molar-refractivity contribution in [3.63, 3.8) is 0 Å². The molecule has 0 bridgehead atoms. The number of fused-ring (bicyclic) bond motifs is 1. The minimum atomic E-state index is -0.470. The largest absolute Gasteiger partial charge is 0.366 e. The first-order chi connectivity index (χ1) is 11.6. The number of thiazole rings is 1. The number of carbonyl (C=O) groups excluding carboxylic acids is 1. The minimum Gasteiger partial charge on any atom is -0.366 e. The van der Waals surface area contributed by atoms with E-state index in [2.05, 4.69) is 25.9 Å². The molecule has 2 aliphatic rings. The van der Waals surface area contributed by atoms with Gasteiger partial charge in [0.25, 0.3) is 0 Å². The highest BCUT2D eigenvalue weighted by Gasteiger charge is 2.30. The summed E-state index contributed by atoms with van der Waals surface area (Å²) in [6.07, 6.45) is 3.41. The molecule has 2 heterocycles. The number of anilines is 1. The van der Waals surface area contributed by atoms with E-state index in [4.69, 9.17) is 5.73 Å². The average molecular weight is 342 g/mol. The number of aliphatic imine (C=N–C) groups is 1. The van der Waals surface area contributed by atoms with Crippen molar-refractivity contribution < 1.29 is 4.79 Å². The standard InChI is InChI=1S/C16H18N6OS/c1-8-19-12-6-10(4-5-13(12)24-8)21-16-18-7-11(14(17)23)15(22-16)20-9-2-3-9/h4-7,9,15,20H,2-3H2,1H3,(H2,17,23)(H2,18,21,22). The van der Waals surface area contributed by atoms with E-state index in [9.17, 15) is 4.79 Å². The van der Waals surface area contributed by atoms with E-state index in [1.54, 1.807) is 17.5 Å². The van der Waals surface area contributed by atoms with Gasteiger partial charge in [0.15, 0.2) is 0 Å². The lowest BCUT2D eigenvalue weighted by Gasteiger charge is -2.23. The number of benzene rings is 1. The number of rotatable bonds is 4. The SMILES string of the molecule is Cc1nc2cc(NC3=NC(NC4CC4)C(C(N)=O)=CN3)ccc2s1. The summed E-state index contributed by atoms with van der Waals surface area (Å²) in [5.74, 6) is 0.104. The zero-order valence-corrected chi connectivity index (χ0v) is 14.0. The quantitative estimate of drug-likeness (QED) is 0.673. The van der Waals surface area contributed by atoms with Gasteiger partial charge >= 0.3 is 0 Å². The highest BCUT2D eigenvalue weighted by Crippen LogP contribution is 2.25. The van der Waals surface area contributed by atoms with E-state index < -0.39 is 12.1 Å². The van der Waals surface area contributed by atoms with Crippen LogP contribution in [-0.4, -0.2) is 29.1 Å². The van der Waals surface area contributed by atoms with Gasteiger partial charge in [-0.05, 0) is 38.0 Å². The molecule has 7 nitrogen and oxygen atoms in total. The summed E-state index contributed by atoms with van der Waals surface area (Å²) in [7, 11) is 0. The molecule has 1 saturated carbocycles. The van der Waals surface area contributed by atoms with Gasteiger partial charge in [-0.3, -0.25) is 10.1 Å². The van der Waals surface area contributed by atoms with E-state index >= 15 is 0 Å². The second kappa shape index (κ2) is 5.88. The van der Waals surface area contributed by atoms with Gasteiger partial charge in [0.2, 0.25) is 11.9 Å². The highest BCUT2D eigenvalue weighted by molar-refractivity contribution is 7.18. The third kappa shape index (κ3) is 3.10. The number of amides is 1. The highest BCUT2D eigenvalue weighted by atomic mass is 32.1. The van der Waals surface area contributed by atoms with Gasteiger partial charge in [0.05, 0.1) is 20.8 Å². The van der Waals surface area contributed by atoms with Gasteiger partial charge in [0, 0.05) is 17.9 Å². The van der Waals surface area contributed by atoms with Crippen LogP contribution in [0.3, 0.4) is 0 Å². The Balaban J connectivity index is 1.55. The van der Waals surface area contributed by atoms with E-state index in [0.29, 0.717) is 17.6 Å². The van der Waals surface area contributed by atoms with Crippen molar-refractivity contribution in [1.29, 1.82) is 0 Å². The average Bonchev–Trinajstić information content (AvgIpc) is 3.26. The molecule has 1 aromatic carbocycles. The smallest absolute Gasteiger partial charge is 0.249 e. The Hall–Kier alpha value is -2.45. The minimum absolute atomic E-state index is 0.412. The van der Waals surface area contributed by atoms with Crippen LogP contribution in [0.1, 0.15) is 17.8 Å². The van der Waals surface area contributed by atoms with E-state index in [1.165, 1.54) is 0 Å². The van der Waals surface area contributed by atoms with Crippen molar-refractivity contribution in [3.05, 3.63) is 35.0 Å². The summed E-state index contributed by atoms with van der Waals surface area (Å²) in [4.78, 5) is 20.6. The monoisotopic (exact) mass is 342 g/mol. The number of nitrogens with one attached hydrogen (secondary N) is 3. The van der Waals surface area contributed by atoms with Gasteiger partial charge < -0.3 is 16.4 Å². The van der Waals surface area contributed by atoms with E-state index in [0.717, 1.165) is 33.8 Å². The predicted molar refractivity (Wildman–Crippen MR) is 95.8 cm³/mol. The molecule has 5 N–H and O–H groups in total. The van der Waals surface area contributed by atoms with Gasteiger partial charge in [0.1, 0.15) is 6.17 Å². The number of nitrogens with two attached hydrogens (primary N) is 1. The Morgan fingerprint density at radius 3 is 3.00 bits per heavy atom. The number of hydrogen-bond acceptors (Lipinski definition) is 7. The third-order valence-corrected chi connectivity index (χ3v) is 4.88. The van der Waals surface area contributed by atoms with E-state index in [1.807, 2.05) is 25.1 Å².